The Kier molecular flexibility index (Phi) is 51.9. The van der Waals surface area contributed by atoms with Crippen molar-refractivity contribution in [2.45, 2.75) is 340 Å². The van der Waals surface area contributed by atoms with E-state index in [2.05, 4.69) is 31.3 Å². The second-order valence-corrected chi connectivity index (χ2v) is 19.9. The van der Waals surface area contributed by atoms with Gasteiger partial charge >= 0.3 is 0 Å². The minimum absolute atomic E-state index is 0.139. The maximum absolute atomic E-state index is 12.5. The summed E-state index contributed by atoms with van der Waals surface area (Å²) in [7, 11) is 0. The van der Waals surface area contributed by atoms with Crippen LogP contribution in [0.2, 0.25) is 0 Å². The number of carbonyl (C=O) groups excluding carboxylic acids is 1. The van der Waals surface area contributed by atoms with Gasteiger partial charge in [0, 0.05) is 6.42 Å². The van der Waals surface area contributed by atoms with E-state index in [-0.39, 0.29) is 12.5 Å². The number of rotatable bonds is 53. The minimum Gasteiger partial charge on any atom is -0.394 e. The Morgan fingerprint density at radius 1 is 0.387 bits per heavy atom. The first-order chi connectivity index (χ1) is 30.6. The van der Waals surface area contributed by atoms with Gasteiger partial charge in [-0.3, -0.25) is 4.79 Å². The fraction of sp³-hybridized carbons (Fsp3) is 0.947. The summed E-state index contributed by atoms with van der Waals surface area (Å²) in [6, 6.07) is -0.808. The minimum atomic E-state index is -1.13. The van der Waals surface area contributed by atoms with Crippen molar-refractivity contribution in [2.24, 2.45) is 0 Å². The van der Waals surface area contributed by atoms with Gasteiger partial charge in [-0.15, -0.1) is 0 Å². The Balaban J connectivity index is 3.51. The van der Waals surface area contributed by atoms with Crippen molar-refractivity contribution < 1.29 is 20.1 Å². The third-order valence-electron chi connectivity index (χ3n) is 13.6. The van der Waals surface area contributed by atoms with Crippen LogP contribution in [0, 0.1) is 0 Å². The molecule has 0 radical (unpaired) electrons. The van der Waals surface area contributed by atoms with Crippen LogP contribution in [0.1, 0.15) is 322 Å². The summed E-state index contributed by atoms with van der Waals surface area (Å²) >= 11 is 0. The Labute approximate surface area is 389 Å². The zero-order valence-electron chi connectivity index (χ0n) is 42.3. The smallest absolute Gasteiger partial charge is 0.220 e. The molecule has 0 rings (SSSR count). The van der Waals surface area contributed by atoms with Crippen LogP contribution in [-0.2, 0) is 4.79 Å². The molecule has 4 N–H and O–H groups in total. The molecule has 5 nitrogen and oxygen atoms in total. The van der Waals surface area contributed by atoms with E-state index in [1.54, 1.807) is 0 Å². The van der Waals surface area contributed by atoms with Crippen LogP contribution in [0.15, 0.2) is 12.2 Å². The maximum atomic E-state index is 12.5. The second kappa shape index (κ2) is 52.7. The van der Waals surface area contributed by atoms with E-state index in [1.807, 2.05) is 0 Å². The number of aliphatic hydroxyl groups excluding tert-OH is 3. The highest BCUT2D eigenvalue weighted by Crippen LogP contribution is 2.18. The van der Waals surface area contributed by atoms with Crippen molar-refractivity contribution in [3.63, 3.8) is 0 Å². The first-order valence-corrected chi connectivity index (χ1v) is 28.5. The summed E-state index contributed by atoms with van der Waals surface area (Å²) in [6.07, 6.45) is 65.1. The topological polar surface area (TPSA) is 89.8 Å². The third-order valence-corrected chi connectivity index (χ3v) is 13.6. The van der Waals surface area contributed by atoms with Gasteiger partial charge in [0.15, 0.2) is 0 Å². The summed E-state index contributed by atoms with van der Waals surface area (Å²) in [4.78, 5) is 12.5. The van der Waals surface area contributed by atoms with E-state index < -0.39 is 18.2 Å². The molecule has 5 heteroatoms. The molecule has 0 aromatic carbocycles. The molecule has 0 fully saturated rings. The molecule has 3 atom stereocenters. The van der Waals surface area contributed by atoms with Crippen LogP contribution < -0.4 is 5.32 Å². The molecule has 370 valence electrons. The van der Waals surface area contributed by atoms with Gasteiger partial charge in [-0.05, 0) is 38.5 Å². The lowest BCUT2D eigenvalue weighted by molar-refractivity contribution is -0.124. The summed E-state index contributed by atoms with van der Waals surface area (Å²) in [6.45, 7) is 4.22. The van der Waals surface area contributed by atoms with E-state index in [9.17, 15) is 20.1 Å². The normalized spacial score (nSPS) is 13.3. The third kappa shape index (κ3) is 47.1. The van der Waals surface area contributed by atoms with Crippen molar-refractivity contribution in [2.75, 3.05) is 6.61 Å². The van der Waals surface area contributed by atoms with Crippen LogP contribution in [0.25, 0.3) is 0 Å². The molecule has 0 saturated carbocycles. The van der Waals surface area contributed by atoms with Gasteiger partial charge in [-0.1, -0.05) is 289 Å². The summed E-state index contributed by atoms with van der Waals surface area (Å²) in [5.74, 6) is -0.139. The fourth-order valence-corrected chi connectivity index (χ4v) is 9.22. The summed E-state index contributed by atoms with van der Waals surface area (Å²) in [5.41, 5.74) is 0. The lowest BCUT2D eigenvalue weighted by atomic mass is 9.99. The van der Waals surface area contributed by atoms with Gasteiger partial charge in [0.1, 0.15) is 6.10 Å². The maximum Gasteiger partial charge on any atom is 0.220 e. The number of hydrogen-bond acceptors (Lipinski definition) is 4. The number of hydrogen-bond donors (Lipinski definition) is 4. The quantitative estimate of drug-likeness (QED) is 0.0362. The molecule has 3 unspecified atom stereocenters. The highest BCUT2D eigenvalue weighted by molar-refractivity contribution is 5.76. The molecule has 0 bridgehead atoms. The molecule has 1 amide bonds. The zero-order chi connectivity index (χ0) is 45.1. The van der Waals surface area contributed by atoms with Crippen molar-refractivity contribution in [3.8, 4) is 0 Å². The van der Waals surface area contributed by atoms with Crippen molar-refractivity contribution in [3.05, 3.63) is 12.2 Å². The molecule has 0 aliphatic carbocycles. The summed E-state index contributed by atoms with van der Waals surface area (Å²) in [5, 5.41) is 33.8. The van der Waals surface area contributed by atoms with E-state index in [1.165, 1.54) is 263 Å². The number of amides is 1. The van der Waals surface area contributed by atoms with Crippen molar-refractivity contribution >= 4 is 5.91 Å². The second-order valence-electron chi connectivity index (χ2n) is 19.9. The zero-order valence-corrected chi connectivity index (χ0v) is 42.3. The lowest BCUT2D eigenvalue weighted by Gasteiger charge is -2.26. The molecule has 0 spiro atoms. The van der Waals surface area contributed by atoms with Gasteiger partial charge in [-0.2, -0.15) is 0 Å². The van der Waals surface area contributed by atoms with Gasteiger partial charge in [0.05, 0.1) is 18.8 Å². The van der Waals surface area contributed by atoms with E-state index in [0.29, 0.717) is 12.8 Å². The van der Waals surface area contributed by atoms with E-state index in [0.717, 1.165) is 32.1 Å². The number of unbranched alkanes of at least 4 members (excludes halogenated alkanes) is 43. The highest BCUT2D eigenvalue weighted by Gasteiger charge is 2.26. The SMILES string of the molecule is CCCCCCCCCCCCCC/C=C\CCCCCCCCCCCCCC(=O)NC(CO)C(O)C(O)CCCCCCCCCCCCCCCCCCCCCCC. The van der Waals surface area contributed by atoms with E-state index in [4.69, 9.17) is 0 Å². The number of aliphatic hydroxyl groups is 3. The molecular formula is C57H113NO4. The van der Waals surface area contributed by atoms with Gasteiger partial charge in [0.25, 0.3) is 0 Å². The molecular weight excluding hydrogens is 763 g/mol. The van der Waals surface area contributed by atoms with Crippen LogP contribution in [-0.4, -0.2) is 46.1 Å². The van der Waals surface area contributed by atoms with E-state index >= 15 is 0 Å². The predicted molar refractivity (Wildman–Crippen MR) is 273 cm³/mol. The summed E-state index contributed by atoms with van der Waals surface area (Å²) < 4.78 is 0. The van der Waals surface area contributed by atoms with Crippen LogP contribution in [0.5, 0.6) is 0 Å². The monoisotopic (exact) mass is 876 g/mol. The van der Waals surface area contributed by atoms with Crippen molar-refractivity contribution in [1.82, 2.24) is 5.32 Å². The average Bonchev–Trinajstić information content (AvgIpc) is 3.28. The number of allylic oxidation sites excluding steroid dienone is 2. The molecule has 0 aliphatic heterocycles. The highest BCUT2D eigenvalue weighted by atomic mass is 16.3. The average molecular weight is 877 g/mol. The largest absolute Gasteiger partial charge is 0.394 e. The first kappa shape index (κ1) is 61.1. The van der Waals surface area contributed by atoms with Crippen LogP contribution in [0.4, 0.5) is 0 Å². The molecule has 0 saturated heterocycles. The number of carbonyl (C=O) groups is 1. The molecule has 0 aliphatic rings. The Hall–Kier alpha value is -0.910. The molecule has 0 heterocycles. The molecule has 0 aromatic heterocycles. The standard InChI is InChI=1S/C57H113NO4/c1-3-5-7-9-11-13-15-17-19-21-23-25-26-27-28-29-30-32-34-36-38-40-42-44-46-48-50-52-56(61)58-54(53-59)57(62)55(60)51-49-47-45-43-41-39-37-35-33-31-24-22-20-18-16-14-12-10-8-6-4-2/h27-28,54-55,57,59-60,62H,3-26,29-53H2,1-2H3,(H,58,61)/b28-27-. The number of nitrogens with one attached hydrogen (secondary N) is 1. The molecule has 62 heavy (non-hydrogen) atoms. The van der Waals surface area contributed by atoms with Gasteiger partial charge in [0.2, 0.25) is 5.91 Å². The Bertz CT molecular complexity index is 879. The van der Waals surface area contributed by atoms with Gasteiger partial charge in [-0.25, -0.2) is 0 Å². The van der Waals surface area contributed by atoms with Crippen LogP contribution in [0.3, 0.4) is 0 Å². The predicted octanol–water partition coefficient (Wildman–Crippen LogP) is 17.5. The van der Waals surface area contributed by atoms with Crippen LogP contribution >= 0.6 is 0 Å². The molecule has 0 aromatic rings. The van der Waals surface area contributed by atoms with Crippen molar-refractivity contribution in [1.29, 1.82) is 0 Å². The first-order valence-electron chi connectivity index (χ1n) is 28.5. The fourth-order valence-electron chi connectivity index (χ4n) is 9.22. The van der Waals surface area contributed by atoms with Gasteiger partial charge < -0.3 is 20.6 Å². The Morgan fingerprint density at radius 3 is 0.935 bits per heavy atom. The lowest BCUT2D eigenvalue weighted by Crippen LogP contribution is -2.50. The Morgan fingerprint density at radius 2 is 0.645 bits per heavy atom.